The van der Waals surface area contributed by atoms with E-state index in [0.29, 0.717) is 30.8 Å². The standard InChI is InChI=1S/C25H32N4O2.C19H20N2O2/c1-3-4-15-25(20-27-18-16-26(2)17-19-27)23(30)28(21-11-7-5-8-12-21)29(24(25)31)22-13-9-6-10-14-22;1-2-3-14-17-18(22)20(15-10-6-4-7-11-15)21(19(17)23)16-12-8-5-9-13-16/h5-14H,3-4,15-20H2,1-2H3;4-13,17H,2-3,14H2,1H3. The molecule has 10 heteroatoms. The van der Waals surface area contributed by atoms with Gasteiger partial charge in [0.1, 0.15) is 11.3 Å². The number of para-hydroxylation sites is 4. The van der Waals surface area contributed by atoms with Crippen LogP contribution in [0.5, 0.6) is 0 Å². The van der Waals surface area contributed by atoms with Gasteiger partial charge in [0, 0.05) is 32.7 Å². The van der Waals surface area contributed by atoms with Gasteiger partial charge in [-0.2, -0.15) is 0 Å². The molecule has 282 valence electrons. The minimum Gasteiger partial charge on any atom is -0.304 e. The monoisotopic (exact) mass is 728 g/mol. The Bertz CT molecular complexity index is 1740. The number of amides is 4. The van der Waals surface area contributed by atoms with E-state index in [1.807, 2.05) is 121 Å². The van der Waals surface area contributed by atoms with Crippen molar-refractivity contribution >= 4 is 46.4 Å². The second-order valence-corrected chi connectivity index (χ2v) is 14.3. The highest BCUT2D eigenvalue weighted by Gasteiger charge is 2.59. The molecule has 0 saturated carbocycles. The maximum absolute atomic E-state index is 14.1. The third-order valence-electron chi connectivity index (χ3n) is 10.5. The van der Waals surface area contributed by atoms with Gasteiger partial charge in [0.2, 0.25) is 0 Å². The van der Waals surface area contributed by atoms with Crippen LogP contribution in [0.3, 0.4) is 0 Å². The molecule has 0 radical (unpaired) electrons. The summed E-state index contributed by atoms with van der Waals surface area (Å²) in [6.45, 7) is 8.31. The predicted octanol–water partition coefficient (Wildman–Crippen LogP) is 7.19. The van der Waals surface area contributed by atoms with Gasteiger partial charge in [-0.15, -0.1) is 0 Å². The van der Waals surface area contributed by atoms with Crippen LogP contribution in [0.15, 0.2) is 121 Å². The molecule has 0 spiro atoms. The summed E-state index contributed by atoms with van der Waals surface area (Å²) in [7, 11) is 2.12. The summed E-state index contributed by atoms with van der Waals surface area (Å²) < 4.78 is 0. The lowest BCUT2D eigenvalue weighted by molar-refractivity contribution is -0.137. The maximum Gasteiger partial charge on any atom is 0.263 e. The van der Waals surface area contributed by atoms with Gasteiger partial charge in [0.25, 0.3) is 23.6 Å². The zero-order valence-corrected chi connectivity index (χ0v) is 31.7. The van der Waals surface area contributed by atoms with Gasteiger partial charge in [-0.3, -0.25) is 24.1 Å². The normalized spacial score (nSPS) is 18.1. The van der Waals surface area contributed by atoms with E-state index in [1.165, 1.54) is 10.0 Å². The summed E-state index contributed by atoms with van der Waals surface area (Å²) in [6, 6.07) is 37.7. The van der Waals surface area contributed by atoms with Crippen LogP contribution < -0.4 is 20.0 Å². The molecule has 54 heavy (non-hydrogen) atoms. The fourth-order valence-corrected chi connectivity index (χ4v) is 7.45. The molecule has 0 bridgehead atoms. The Labute approximate surface area is 319 Å². The molecule has 0 aliphatic carbocycles. The van der Waals surface area contributed by atoms with Crippen LogP contribution in [-0.4, -0.2) is 73.2 Å². The van der Waals surface area contributed by atoms with Gasteiger partial charge < -0.3 is 4.90 Å². The lowest BCUT2D eigenvalue weighted by atomic mass is 9.80. The first-order valence-electron chi connectivity index (χ1n) is 19.3. The lowest BCUT2D eigenvalue weighted by Gasteiger charge is -2.37. The van der Waals surface area contributed by atoms with E-state index >= 15 is 0 Å². The predicted molar refractivity (Wildman–Crippen MR) is 215 cm³/mol. The van der Waals surface area contributed by atoms with Crippen molar-refractivity contribution in [2.45, 2.75) is 52.4 Å². The first-order chi connectivity index (χ1) is 26.3. The summed E-state index contributed by atoms with van der Waals surface area (Å²) in [6.07, 6.45) is 4.79. The molecule has 3 saturated heterocycles. The van der Waals surface area contributed by atoms with E-state index in [0.717, 1.165) is 63.2 Å². The third kappa shape index (κ3) is 7.95. The summed E-state index contributed by atoms with van der Waals surface area (Å²) in [5.74, 6) is -1.09. The molecule has 3 heterocycles. The van der Waals surface area contributed by atoms with Crippen molar-refractivity contribution in [1.82, 2.24) is 9.80 Å². The van der Waals surface area contributed by atoms with Crippen molar-refractivity contribution in [1.29, 1.82) is 0 Å². The molecule has 0 atom stereocenters. The van der Waals surface area contributed by atoms with E-state index < -0.39 is 11.3 Å². The number of unbranched alkanes of at least 4 members (excludes halogenated alkanes) is 2. The number of carbonyl (C=O) groups is 4. The minimum absolute atomic E-state index is 0.111. The molecule has 0 N–H and O–H groups in total. The van der Waals surface area contributed by atoms with Crippen LogP contribution in [-0.2, 0) is 19.2 Å². The van der Waals surface area contributed by atoms with Gasteiger partial charge in [-0.25, -0.2) is 20.0 Å². The molecule has 0 aromatic heterocycles. The van der Waals surface area contributed by atoms with Crippen LogP contribution in [0.25, 0.3) is 0 Å². The SMILES string of the molecule is CCCCC1(CN2CCN(C)CC2)C(=O)N(c2ccccc2)N(c2ccccc2)C1=O.CCCCC1C(=O)N(c2ccccc2)N(c2ccccc2)C1=O. The van der Waals surface area contributed by atoms with Crippen LogP contribution in [0.4, 0.5) is 22.7 Å². The maximum atomic E-state index is 14.1. The fraction of sp³-hybridized carbons (Fsp3) is 0.364. The van der Waals surface area contributed by atoms with Gasteiger partial charge in [0.15, 0.2) is 0 Å². The number of anilines is 4. The molecule has 3 aliphatic heterocycles. The molecular weight excluding hydrogens is 677 g/mol. The zero-order valence-electron chi connectivity index (χ0n) is 31.7. The summed E-state index contributed by atoms with van der Waals surface area (Å²) >= 11 is 0. The fourth-order valence-electron chi connectivity index (χ4n) is 7.45. The topological polar surface area (TPSA) is 87.7 Å². The highest BCUT2D eigenvalue weighted by molar-refractivity contribution is 6.26. The number of hydrazine groups is 2. The van der Waals surface area contributed by atoms with Crippen molar-refractivity contribution in [3.8, 4) is 0 Å². The van der Waals surface area contributed by atoms with Crippen LogP contribution in [0.1, 0.15) is 52.4 Å². The smallest absolute Gasteiger partial charge is 0.263 e. The Hall–Kier alpha value is -5.32. The lowest BCUT2D eigenvalue weighted by Crippen LogP contribution is -2.52. The van der Waals surface area contributed by atoms with Crippen molar-refractivity contribution < 1.29 is 19.2 Å². The second-order valence-electron chi connectivity index (χ2n) is 14.3. The molecule has 4 amide bonds. The average molecular weight is 729 g/mol. The Morgan fingerprint density at radius 2 is 0.889 bits per heavy atom. The Morgan fingerprint density at radius 1 is 0.519 bits per heavy atom. The number of piperazine rings is 1. The molecule has 3 fully saturated rings. The quantitative estimate of drug-likeness (QED) is 0.144. The number of likely N-dealkylation sites (N-methyl/N-ethyl adjacent to an activating group) is 1. The molecule has 4 aromatic carbocycles. The molecule has 7 rings (SSSR count). The minimum atomic E-state index is -1.06. The Morgan fingerprint density at radius 3 is 1.26 bits per heavy atom. The molecule has 0 unspecified atom stereocenters. The summed E-state index contributed by atoms with van der Waals surface area (Å²) in [4.78, 5) is 58.5. The van der Waals surface area contributed by atoms with Crippen molar-refractivity contribution in [3.63, 3.8) is 0 Å². The first kappa shape index (κ1) is 38.4. The summed E-state index contributed by atoms with van der Waals surface area (Å²) in [5, 5.41) is 6.22. The van der Waals surface area contributed by atoms with Crippen molar-refractivity contribution in [2.75, 3.05) is 59.8 Å². The van der Waals surface area contributed by atoms with Crippen molar-refractivity contribution in [3.05, 3.63) is 121 Å². The van der Waals surface area contributed by atoms with Crippen LogP contribution >= 0.6 is 0 Å². The highest BCUT2D eigenvalue weighted by atomic mass is 16.2. The number of nitrogens with zero attached hydrogens (tertiary/aromatic N) is 6. The molecular formula is C44H52N6O4. The van der Waals surface area contributed by atoms with Crippen LogP contribution in [0.2, 0.25) is 0 Å². The summed E-state index contributed by atoms with van der Waals surface area (Å²) in [5.41, 5.74) is 1.82. The number of hydrogen-bond acceptors (Lipinski definition) is 6. The van der Waals surface area contributed by atoms with Gasteiger partial charge >= 0.3 is 0 Å². The number of carbonyl (C=O) groups excluding carboxylic acids is 4. The van der Waals surface area contributed by atoms with Gasteiger partial charge in [0.05, 0.1) is 22.7 Å². The first-order valence-corrected chi connectivity index (χ1v) is 19.3. The third-order valence-corrected chi connectivity index (χ3v) is 10.5. The number of benzene rings is 4. The van der Waals surface area contributed by atoms with E-state index in [2.05, 4.69) is 30.7 Å². The van der Waals surface area contributed by atoms with Gasteiger partial charge in [-0.05, 0) is 68.4 Å². The molecule has 4 aromatic rings. The van der Waals surface area contributed by atoms with E-state index in [9.17, 15) is 19.2 Å². The Balaban J connectivity index is 0.000000193. The number of hydrogen-bond donors (Lipinski definition) is 0. The number of rotatable bonds is 12. The molecule has 3 aliphatic rings. The van der Waals surface area contributed by atoms with E-state index in [1.54, 1.807) is 10.0 Å². The Kier molecular flexibility index (Phi) is 12.6. The molecule has 10 nitrogen and oxygen atoms in total. The largest absolute Gasteiger partial charge is 0.304 e. The van der Waals surface area contributed by atoms with Gasteiger partial charge in [-0.1, -0.05) is 112 Å². The van der Waals surface area contributed by atoms with E-state index in [4.69, 9.17) is 0 Å². The second kappa shape index (κ2) is 17.7. The zero-order chi connectivity index (χ0) is 38.1. The van der Waals surface area contributed by atoms with Crippen molar-refractivity contribution in [2.24, 2.45) is 11.3 Å². The highest BCUT2D eigenvalue weighted by Crippen LogP contribution is 2.42. The van der Waals surface area contributed by atoms with Crippen LogP contribution in [0, 0.1) is 11.3 Å². The average Bonchev–Trinajstić information content (AvgIpc) is 3.59. The van der Waals surface area contributed by atoms with E-state index in [-0.39, 0.29) is 23.6 Å².